The first-order valence-electron chi connectivity index (χ1n) is 9.77. The van der Waals surface area contributed by atoms with E-state index in [9.17, 15) is 22.4 Å². The lowest BCUT2D eigenvalue weighted by Gasteiger charge is -2.07. The molecule has 5 aromatic rings. The minimum absolute atomic E-state index is 0.198. The van der Waals surface area contributed by atoms with Crippen molar-refractivity contribution in [3.63, 3.8) is 0 Å². The molecule has 2 heterocycles. The van der Waals surface area contributed by atoms with Crippen molar-refractivity contribution in [3.8, 4) is 0 Å². The summed E-state index contributed by atoms with van der Waals surface area (Å²) in [6, 6.07) is 20.1. The zero-order chi connectivity index (χ0) is 23.9. The van der Waals surface area contributed by atoms with E-state index in [1.807, 2.05) is 0 Å². The summed E-state index contributed by atoms with van der Waals surface area (Å²) < 4.78 is 56.8. The molecule has 0 aliphatic rings. The predicted molar refractivity (Wildman–Crippen MR) is 117 cm³/mol. The normalized spacial score (nSPS) is 11.9. The first-order chi connectivity index (χ1) is 16.3. The van der Waals surface area contributed by atoms with Gasteiger partial charge in [0.25, 0.3) is 0 Å². The van der Waals surface area contributed by atoms with Crippen molar-refractivity contribution in [1.29, 1.82) is 0 Å². The molecular weight excluding hydrogens is 578 g/mol. The first kappa shape index (κ1) is 22.4. The summed E-state index contributed by atoms with van der Waals surface area (Å²) in [6.07, 6.45) is 0. The van der Waals surface area contributed by atoms with E-state index >= 15 is 0 Å². The second kappa shape index (κ2) is 8.78. The van der Waals surface area contributed by atoms with E-state index in [0.29, 0.717) is 17.9 Å². The summed E-state index contributed by atoms with van der Waals surface area (Å²) in [5.41, 5.74) is -0.528. The third-order valence-electron chi connectivity index (χ3n) is 4.81. The van der Waals surface area contributed by atoms with Crippen LogP contribution in [0, 0.1) is 13.0 Å². The number of benzene rings is 3. The Morgan fingerprint density at radius 3 is 1.65 bits per heavy atom. The van der Waals surface area contributed by atoms with Crippen molar-refractivity contribution in [3.05, 3.63) is 119 Å². The van der Waals surface area contributed by atoms with Gasteiger partial charge in [-0.3, -0.25) is 0 Å². The summed E-state index contributed by atoms with van der Waals surface area (Å²) in [5, 5.41) is 1.31. The van der Waals surface area contributed by atoms with Crippen molar-refractivity contribution in [2.45, 2.75) is 4.90 Å². The Morgan fingerprint density at radius 2 is 1.15 bits per heavy atom. The highest BCUT2D eigenvalue weighted by Gasteiger charge is 2.38. The van der Waals surface area contributed by atoms with E-state index in [2.05, 4.69) is 0 Å². The lowest BCUT2D eigenvalue weighted by Crippen LogP contribution is -3.85. The maximum atomic E-state index is 13.3. The van der Waals surface area contributed by atoms with Gasteiger partial charge in [-0.25, -0.2) is 14.0 Å². The van der Waals surface area contributed by atoms with Gasteiger partial charge >= 0.3 is 41.6 Å². The molecule has 10 heteroatoms. The summed E-state index contributed by atoms with van der Waals surface area (Å²) in [7, 11) is -4.28. The van der Waals surface area contributed by atoms with E-state index in [1.54, 1.807) is 48.5 Å². The molecule has 7 nitrogen and oxygen atoms in total. The molecule has 0 N–H and O–H groups in total. The van der Waals surface area contributed by atoms with Gasteiger partial charge in [0.05, 0.1) is 4.90 Å². The van der Waals surface area contributed by atoms with Crippen LogP contribution in [0.1, 0.15) is 0 Å². The van der Waals surface area contributed by atoms with Gasteiger partial charge < -0.3 is 8.83 Å². The van der Waals surface area contributed by atoms with Crippen LogP contribution in [0.3, 0.4) is 0 Å². The molecule has 0 spiro atoms. The molecule has 0 amide bonds. The monoisotopic (exact) mass is 592 g/mol. The molecule has 0 unspecified atom stereocenters. The minimum atomic E-state index is -4.28. The average molecular weight is 592 g/mol. The minimum Gasteiger partial charge on any atom is -0.423 e. The summed E-state index contributed by atoms with van der Waals surface area (Å²) in [5.74, 6) is -0.580. The van der Waals surface area contributed by atoms with E-state index in [-0.39, 0.29) is 16.1 Å². The summed E-state index contributed by atoms with van der Waals surface area (Å²) >= 11 is -3.24. The van der Waals surface area contributed by atoms with Crippen LogP contribution in [0.4, 0.5) is 4.39 Å². The molecule has 0 fully saturated rings. The third kappa shape index (κ3) is 4.52. The number of fused-ring (bicyclic) bond motifs is 2. The van der Waals surface area contributed by atoms with Crippen LogP contribution in [0.2, 0.25) is 0 Å². The maximum Gasteiger partial charge on any atom is 0.336 e. The Morgan fingerprint density at radius 1 is 0.676 bits per heavy atom. The van der Waals surface area contributed by atoms with Gasteiger partial charge in [0, 0.05) is 35.0 Å². The van der Waals surface area contributed by atoms with Gasteiger partial charge in [-0.05, 0) is 63.2 Å². The topological polar surface area (TPSA) is 104 Å². The number of hydrogen-bond donors (Lipinski definition) is 0. The second-order valence-electron chi connectivity index (χ2n) is 7.09. The van der Waals surface area contributed by atoms with Crippen LogP contribution in [-0.2, 0) is 12.6 Å². The molecule has 34 heavy (non-hydrogen) atoms. The maximum absolute atomic E-state index is 13.3. The fourth-order valence-electron chi connectivity index (χ4n) is 3.20. The Balaban J connectivity index is 1.67. The van der Waals surface area contributed by atoms with Crippen molar-refractivity contribution in [2.75, 3.05) is 0 Å². The largest absolute Gasteiger partial charge is 0.423 e. The number of halogens is 2. The Bertz CT molecular complexity index is 1670. The fourth-order valence-corrected chi connectivity index (χ4v) is 10.2. The average Bonchev–Trinajstić information content (AvgIpc) is 2.82. The second-order valence-corrected chi connectivity index (χ2v) is 13.6. The molecule has 0 bridgehead atoms. The fraction of sp³-hybridized carbons (Fsp3) is 0. The highest BCUT2D eigenvalue weighted by molar-refractivity contribution is 7.86. The summed E-state index contributed by atoms with van der Waals surface area (Å²) in [4.78, 5) is 23.2. The van der Waals surface area contributed by atoms with E-state index < -0.39 is 47.4 Å². The quantitative estimate of drug-likeness (QED) is 0.222. The van der Waals surface area contributed by atoms with E-state index in [1.165, 1.54) is 12.1 Å². The van der Waals surface area contributed by atoms with Gasteiger partial charge in [-0.2, -0.15) is 8.42 Å². The number of rotatable bonds is 5. The van der Waals surface area contributed by atoms with Crippen LogP contribution in [-0.4, -0.2) is 8.42 Å². The molecule has 3 aromatic carbocycles. The molecule has 0 aliphatic carbocycles. The lowest BCUT2D eigenvalue weighted by molar-refractivity contribution is -1.03. The molecule has 0 saturated heterocycles. The van der Waals surface area contributed by atoms with Gasteiger partial charge in [0.1, 0.15) is 17.0 Å². The van der Waals surface area contributed by atoms with Crippen LogP contribution in [0.15, 0.2) is 108 Å². The molecule has 1 radical (unpaired) electrons. The molecule has 0 aliphatic heterocycles. The van der Waals surface area contributed by atoms with Gasteiger partial charge in [0.15, 0.2) is 7.14 Å². The highest BCUT2D eigenvalue weighted by Crippen LogP contribution is 2.14. The lowest BCUT2D eigenvalue weighted by atomic mass is 10.2. The van der Waals surface area contributed by atoms with Gasteiger partial charge in [0.2, 0.25) is 0 Å². The predicted octanol–water partition coefficient (Wildman–Crippen LogP) is 1.02. The van der Waals surface area contributed by atoms with Crippen molar-refractivity contribution in [2.24, 2.45) is 0 Å². The summed E-state index contributed by atoms with van der Waals surface area (Å²) in [6.45, 7) is 0. The molecule has 2 aromatic heterocycles. The SMILES string of the molecule is O=c1ccc2ccc([I+](OS(=O)(=O)c3ccc(F)cc3)c3ccc4ccc(=O)oc4c3)cc2o1. The Kier molecular flexibility index (Phi) is 5.80. The highest BCUT2D eigenvalue weighted by atomic mass is 127. The number of hydrogen-bond acceptors (Lipinski definition) is 7. The zero-order valence-corrected chi connectivity index (χ0v) is 20.1. The smallest absolute Gasteiger partial charge is 0.336 e. The van der Waals surface area contributed by atoms with Crippen LogP contribution < -0.4 is 31.5 Å². The van der Waals surface area contributed by atoms with Gasteiger partial charge in [-0.15, -0.1) is 0 Å². The van der Waals surface area contributed by atoms with Crippen molar-refractivity contribution < 1.29 is 44.4 Å². The Hall–Kier alpha value is -3.35. The van der Waals surface area contributed by atoms with Crippen molar-refractivity contribution >= 4 is 32.1 Å². The molecular formula is C24H14FIO7S+. The zero-order valence-electron chi connectivity index (χ0n) is 17.1. The molecule has 0 saturated carbocycles. The Labute approximate surface area is 199 Å². The van der Waals surface area contributed by atoms with Gasteiger partial charge in [-0.1, -0.05) is 0 Å². The third-order valence-corrected chi connectivity index (χ3v) is 12.1. The van der Waals surface area contributed by atoms with Crippen LogP contribution >= 0.6 is 0 Å². The van der Waals surface area contributed by atoms with E-state index in [4.69, 9.17) is 11.3 Å². The van der Waals surface area contributed by atoms with Crippen molar-refractivity contribution in [1.82, 2.24) is 0 Å². The molecule has 0 atom stereocenters. The molecule has 171 valence electrons. The van der Waals surface area contributed by atoms with E-state index in [0.717, 1.165) is 24.3 Å². The molecule has 5 rings (SSSR count). The van der Waals surface area contributed by atoms with Crippen LogP contribution in [0.5, 0.6) is 0 Å². The van der Waals surface area contributed by atoms with Crippen LogP contribution in [0.25, 0.3) is 21.9 Å². The standard InChI is InChI=1S/C24H14FIO7S/c25-17-5-9-20(10-6-17)34(29,30)33-26(18-7-1-15-3-11-23(27)31-21(15)13-18)19-8-2-16-4-12-24(28)32-22(16)14-19/h1-14H/q+1. The first-order valence-corrected chi connectivity index (χ1v) is 14.2.